The highest BCUT2D eigenvalue weighted by molar-refractivity contribution is 5.78. The molecule has 1 aromatic carbocycles. The molecule has 0 aliphatic carbocycles. The number of aryl methyl sites for hydroxylation is 1. The maximum absolute atomic E-state index is 6.19. The molecule has 22 heavy (non-hydrogen) atoms. The summed E-state index contributed by atoms with van der Waals surface area (Å²) in [7, 11) is 2.17. The Bertz CT molecular complexity index is 552. The molecule has 0 amide bonds. The molecule has 2 aliphatic rings. The van der Waals surface area contributed by atoms with Gasteiger partial charge in [-0.25, -0.2) is 4.99 Å². The minimum absolute atomic E-state index is 0.688. The van der Waals surface area contributed by atoms with E-state index in [0.717, 1.165) is 25.6 Å². The normalized spacial score (nSPS) is 22.6. The minimum Gasteiger partial charge on any atom is -0.374 e. The fourth-order valence-electron chi connectivity index (χ4n) is 3.61. The number of aliphatic imine (C=N–C) groups is 1. The van der Waals surface area contributed by atoms with Gasteiger partial charge in [-0.15, -0.1) is 0 Å². The first-order valence-corrected chi connectivity index (χ1v) is 8.51. The van der Waals surface area contributed by atoms with E-state index in [1.807, 2.05) is 0 Å². The predicted octanol–water partition coefficient (Wildman–Crippen LogP) is 2.62. The number of likely N-dealkylation sites (tertiary alicyclic amines) is 1. The Labute approximate surface area is 134 Å². The molecule has 1 aromatic rings. The van der Waals surface area contributed by atoms with Crippen LogP contribution in [0.4, 0.5) is 5.69 Å². The van der Waals surface area contributed by atoms with Gasteiger partial charge in [0.05, 0.1) is 6.54 Å². The summed E-state index contributed by atoms with van der Waals surface area (Å²) >= 11 is 0. The summed E-state index contributed by atoms with van der Waals surface area (Å²) in [6.45, 7) is 6.23. The summed E-state index contributed by atoms with van der Waals surface area (Å²) in [6, 6.07) is 6.73. The Balaban J connectivity index is 1.67. The number of benzene rings is 1. The molecule has 2 N–H and O–H groups in total. The van der Waals surface area contributed by atoms with E-state index in [9.17, 15) is 0 Å². The topological polar surface area (TPSA) is 44.9 Å². The van der Waals surface area contributed by atoms with Crippen molar-refractivity contribution < 1.29 is 0 Å². The van der Waals surface area contributed by atoms with Crippen LogP contribution in [0, 0.1) is 5.92 Å². The van der Waals surface area contributed by atoms with Crippen molar-refractivity contribution in [1.82, 2.24) is 4.90 Å². The molecule has 0 aromatic heterocycles. The van der Waals surface area contributed by atoms with E-state index < -0.39 is 0 Å². The second kappa shape index (κ2) is 6.59. The van der Waals surface area contributed by atoms with Crippen LogP contribution in [0.5, 0.6) is 0 Å². The summed E-state index contributed by atoms with van der Waals surface area (Å²) in [5, 5.41) is 0. The largest absolute Gasteiger partial charge is 0.374 e. The first-order valence-electron chi connectivity index (χ1n) is 8.51. The summed E-state index contributed by atoms with van der Waals surface area (Å²) in [5.41, 5.74) is 10.3. The average molecular weight is 300 g/mol. The zero-order valence-electron chi connectivity index (χ0n) is 13.9. The van der Waals surface area contributed by atoms with Crippen LogP contribution < -0.4 is 10.6 Å². The molecule has 1 saturated heterocycles. The van der Waals surface area contributed by atoms with Gasteiger partial charge in [0.25, 0.3) is 0 Å². The number of piperidine rings is 1. The summed E-state index contributed by atoms with van der Waals surface area (Å²) in [6.07, 6.45) is 4.95. The van der Waals surface area contributed by atoms with Crippen molar-refractivity contribution in [2.75, 3.05) is 31.6 Å². The molecular weight excluding hydrogens is 272 g/mol. The molecule has 1 atom stereocenters. The average Bonchev–Trinajstić information content (AvgIpc) is 2.53. The van der Waals surface area contributed by atoms with Gasteiger partial charge in [-0.3, -0.25) is 0 Å². The Morgan fingerprint density at radius 1 is 1.32 bits per heavy atom. The lowest BCUT2D eigenvalue weighted by molar-refractivity contribution is 0.270. The molecule has 4 heteroatoms. The highest BCUT2D eigenvalue weighted by Gasteiger charge is 2.18. The van der Waals surface area contributed by atoms with Crippen molar-refractivity contribution in [1.29, 1.82) is 0 Å². The Kier molecular flexibility index (Phi) is 4.55. The number of hydrogen-bond donors (Lipinski definition) is 1. The fourth-order valence-corrected chi connectivity index (χ4v) is 3.61. The lowest BCUT2D eigenvalue weighted by atomic mass is 9.99. The zero-order valence-corrected chi connectivity index (χ0v) is 13.9. The lowest BCUT2D eigenvalue weighted by Crippen LogP contribution is -2.43. The number of fused-ring (bicyclic) bond motifs is 1. The molecule has 3 rings (SSSR count). The van der Waals surface area contributed by atoms with Crippen LogP contribution in [0.3, 0.4) is 0 Å². The Morgan fingerprint density at radius 2 is 2.18 bits per heavy atom. The standard InChI is InChI=1S/C18H28N4/c1-14-5-3-10-22(13-14)18(19)20-12-15-7-8-17-16(11-15)6-4-9-21(17)2/h7-8,11,14H,3-6,9-10,12-13H2,1-2H3,(H2,19,20). The lowest BCUT2D eigenvalue weighted by Gasteiger charge is -2.31. The van der Waals surface area contributed by atoms with Crippen molar-refractivity contribution in [3.8, 4) is 0 Å². The van der Waals surface area contributed by atoms with E-state index in [1.165, 1.54) is 42.5 Å². The molecule has 1 unspecified atom stereocenters. The number of nitrogens with zero attached hydrogens (tertiary/aromatic N) is 3. The van der Waals surface area contributed by atoms with Crippen molar-refractivity contribution in [3.05, 3.63) is 29.3 Å². The van der Waals surface area contributed by atoms with Gasteiger partial charge in [-0.05, 0) is 48.8 Å². The fraction of sp³-hybridized carbons (Fsp3) is 0.611. The molecule has 120 valence electrons. The molecule has 2 aliphatic heterocycles. The second-order valence-electron chi connectivity index (χ2n) is 6.86. The molecule has 1 fully saturated rings. The summed E-state index contributed by atoms with van der Waals surface area (Å²) in [4.78, 5) is 9.21. The van der Waals surface area contributed by atoms with E-state index in [-0.39, 0.29) is 0 Å². The molecule has 0 spiro atoms. The van der Waals surface area contributed by atoms with Crippen molar-refractivity contribution >= 4 is 11.6 Å². The number of rotatable bonds is 2. The van der Waals surface area contributed by atoms with Crippen LogP contribution in [0.2, 0.25) is 0 Å². The maximum Gasteiger partial charge on any atom is 0.191 e. The van der Waals surface area contributed by atoms with Gasteiger partial charge in [-0.1, -0.05) is 19.1 Å². The summed E-state index contributed by atoms with van der Waals surface area (Å²) in [5.74, 6) is 1.43. The molecule has 0 saturated carbocycles. The van der Waals surface area contributed by atoms with Gasteiger partial charge in [-0.2, -0.15) is 0 Å². The number of nitrogens with two attached hydrogens (primary N) is 1. The monoisotopic (exact) mass is 300 g/mol. The van der Waals surface area contributed by atoms with E-state index >= 15 is 0 Å². The smallest absolute Gasteiger partial charge is 0.191 e. The Hall–Kier alpha value is -1.71. The third-order valence-corrected chi connectivity index (χ3v) is 4.90. The van der Waals surface area contributed by atoms with Crippen LogP contribution in [0.25, 0.3) is 0 Å². The maximum atomic E-state index is 6.19. The van der Waals surface area contributed by atoms with Crippen LogP contribution in [0.15, 0.2) is 23.2 Å². The van der Waals surface area contributed by atoms with Gasteiger partial charge >= 0.3 is 0 Å². The second-order valence-corrected chi connectivity index (χ2v) is 6.86. The SMILES string of the molecule is CC1CCCN(C(N)=NCc2ccc3c(c2)CCCN3C)C1. The predicted molar refractivity (Wildman–Crippen MR) is 93.3 cm³/mol. The minimum atomic E-state index is 0.688. The highest BCUT2D eigenvalue weighted by atomic mass is 15.3. The highest BCUT2D eigenvalue weighted by Crippen LogP contribution is 2.27. The molecular formula is C18H28N4. The number of guanidine groups is 1. The molecule has 2 heterocycles. The Morgan fingerprint density at radius 3 is 3.00 bits per heavy atom. The first-order chi connectivity index (χ1) is 10.6. The van der Waals surface area contributed by atoms with Crippen LogP contribution in [0.1, 0.15) is 37.3 Å². The molecule has 0 bridgehead atoms. The zero-order chi connectivity index (χ0) is 15.5. The summed E-state index contributed by atoms with van der Waals surface area (Å²) < 4.78 is 0. The van der Waals surface area contributed by atoms with E-state index in [4.69, 9.17) is 5.73 Å². The van der Waals surface area contributed by atoms with Crippen molar-refractivity contribution in [2.24, 2.45) is 16.6 Å². The van der Waals surface area contributed by atoms with Crippen LogP contribution in [-0.2, 0) is 13.0 Å². The van der Waals surface area contributed by atoms with Gasteiger partial charge < -0.3 is 15.5 Å². The van der Waals surface area contributed by atoms with Gasteiger partial charge in [0.2, 0.25) is 0 Å². The van der Waals surface area contributed by atoms with Gasteiger partial charge in [0.15, 0.2) is 5.96 Å². The molecule has 4 nitrogen and oxygen atoms in total. The third-order valence-electron chi connectivity index (χ3n) is 4.90. The first kappa shape index (κ1) is 15.2. The van der Waals surface area contributed by atoms with Gasteiger partial charge in [0.1, 0.15) is 0 Å². The van der Waals surface area contributed by atoms with E-state index in [2.05, 4.69) is 47.0 Å². The quantitative estimate of drug-likeness (QED) is 0.674. The third kappa shape index (κ3) is 3.37. The van der Waals surface area contributed by atoms with Crippen molar-refractivity contribution in [2.45, 2.75) is 39.2 Å². The van der Waals surface area contributed by atoms with E-state index in [0.29, 0.717) is 12.5 Å². The number of anilines is 1. The number of hydrogen-bond acceptors (Lipinski definition) is 2. The van der Waals surface area contributed by atoms with Gasteiger partial charge in [0, 0.05) is 32.4 Å². The van der Waals surface area contributed by atoms with Crippen molar-refractivity contribution in [3.63, 3.8) is 0 Å². The van der Waals surface area contributed by atoms with Crippen LogP contribution >= 0.6 is 0 Å². The molecule has 0 radical (unpaired) electrons. The van der Waals surface area contributed by atoms with E-state index in [1.54, 1.807) is 0 Å². The van der Waals surface area contributed by atoms with Crippen LogP contribution in [-0.4, -0.2) is 37.5 Å².